The molecule has 0 radical (unpaired) electrons. The molecule has 0 fully saturated rings. The molecule has 0 heterocycles. The number of hydrogen-bond donors (Lipinski definition) is 3. The molecule has 0 bridgehead atoms. The molecule has 3 nitrogen and oxygen atoms in total. The van der Waals surface area contributed by atoms with Crippen LogP contribution < -0.4 is 0 Å². The van der Waals surface area contributed by atoms with Gasteiger partial charge < -0.3 is 15.3 Å². The van der Waals surface area contributed by atoms with Gasteiger partial charge in [0.15, 0.2) is 0 Å². The maximum Gasteiger partial charge on any atom is 0.416 e. The van der Waals surface area contributed by atoms with E-state index in [0.29, 0.717) is 6.07 Å². The second kappa shape index (κ2) is 5.64. The summed E-state index contributed by atoms with van der Waals surface area (Å²) in [5.41, 5.74) is -1.61. The largest absolute Gasteiger partial charge is 0.416 e. The lowest BCUT2D eigenvalue weighted by atomic mass is 10.00. The lowest BCUT2D eigenvalue weighted by molar-refractivity contribution is -0.137. The Labute approximate surface area is 100 Å². The van der Waals surface area contributed by atoms with E-state index in [2.05, 4.69) is 0 Å². The zero-order valence-electron chi connectivity index (χ0n) is 9.15. The predicted octanol–water partition coefficient (Wildman–Crippen LogP) is 1.62. The third kappa shape index (κ3) is 3.41. The van der Waals surface area contributed by atoms with E-state index >= 15 is 0 Å². The van der Waals surface area contributed by atoms with Crippen molar-refractivity contribution in [3.8, 4) is 0 Å². The van der Waals surface area contributed by atoms with Gasteiger partial charge in [-0.2, -0.15) is 13.2 Å². The Morgan fingerprint density at radius 1 is 1.17 bits per heavy atom. The van der Waals surface area contributed by atoms with E-state index in [1.807, 2.05) is 0 Å². The summed E-state index contributed by atoms with van der Waals surface area (Å²) >= 11 is 0. The molecule has 0 aromatic heterocycles. The Morgan fingerprint density at radius 2 is 1.78 bits per heavy atom. The summed E-state index contributed by atoms with van der Waals surface area (Å²) in [5.74, 6) is -1.26. The molecule has 2 unspecified atom stereocenters. The average molecular weight is 268 g/mol. The summed E-state index contributed by atoms with van der Waals surface area (Å²) in [6.45, 7) is -0.430. The minimum atomic E-state index is -4.67. The van der Waals surface area contributed by atoms with Crippen molar-refractivity contribution in [3.05, 3.63) is 35.1 Å². The van der Waals surface area contributed by atoms with Crippen molar-refractivity contribution < 1.29 is 32.9 Å². The Kier molecular flexibility index (Phi) is 4.66. The van der Waals surface area contributed by atoms with E-state index in [4.69, 9.17) is 5.11 Å². The Morgan fingerprint density at radius 3 is 2.22 bits per heavy atom. The van der Waals surface area contributed by atoms with Crippen molar-refractivity contribution in [2.75, 3.05) is 6.61 Å². The van der Waals surface area contributed by atoms with Gasteiger partial charge >= 0.3 is 6.18 Å². The topological polar surface area (TPSA) is 60.7 Å². The minimum absolute atomic E-state index is 0.207. The lowest BCUT2D eigenvalue weighted by Crippen LogP contribution is -2.21. The molecule has 3 N–H and O–H groups in total. The molecule has 0 saturated carbocycles. The summed E-state index contributed by atoms with van der Waals surface area (Å²) in [6.07, 6.45) is -8.00. The van der Waals surface area contributed by atoms with E-state index in [9.17, 15) is 27.8 Å². The molecular formula is C11H12F4O3. The molecule has 0 amide bonds. The maximum atomic E-state index is 13.4. The standard InChI is InChI=1S/C11H12F4O3/c12-8-5-6(11(13,14)15)1-2-7(8)10(18)9(17)3-4-16/h1-2,5,9-10,16-18H,3-4H2. The predicted molar refractivity (Wildman–Crippen MR) is 54.1 cm³/mol. The molecule has 0 aliphatic carbocycles. The quantitative estimate of drug-likeness (QED) is 0.727. The highest BCUT2D eigenvalue weighted by atomic mass is 19.4. The Hall–Kier alpha value is -1.18. The van der Waals surface area contributed by atoms with Crippen LogP contribution in [0.2, 0.25) is 0 Å². The van der Waals surface area contributed by atoms with Crippen LogP contribution in [0.1, 0.15) is 23.7 Å². The normalized spacial score (nSPS) is 15.5. The first-order valence-corrected chi connectivity index (χ1v) is 5.11. The van der Waals surface area contributed by atoms with Crippen molar-refractivity contribution >= 4 is 0 Å². The third-order valence-corrected chi connectivity index (χ3v) is 2.44. The minimum Gasteiger partial charge on any atom is -0.396 e. The maximum absolute atomic E-state index is 13.4. The van der Waals surface area contributed by atoms with Gasteiger partial charge in [0.1, 0.15) is 11.9 Å². The molecule has 0 spiro atoms. The molecule has 1 aromatic carbocycles. The number of benzene rings is 1. The highest BCUT2D eigenvalue weighted by Crippen LogP contribution is 2.32. The summed E-state index contributed by atoms with van der Waals surface area (Å²) in [4.78, 5) is 0. The van der Waals surface area contributed by atoms with Crippen LogP contribution in [0.3, 0.4) is 0 Å². The zero-order valence-corrected chi connectivity index (χ0v) is 9.15. The molecule has 0 aliphatic rings. The number of alkyl halides is 3. The summed E-state index contributed by atoms with van der Waals surface area (Å²) in [7, 11) is 0. The smallest absolute Gasteiger partial charge is 0.396 e. The summed E-state index contributed by atoms with van der Waals surface area (Å²) in [5, 5.41) is 27.4. The van der Waals surface area contributed by atoms with Crippen LogP contribution in [-0.2, 0) is 6.18 Å². The van der Waals surface area contributed by atoms with Crippen molar-refractivity contribution in [1.82, 2.24) is 0 Å². The SMILES string of the molecule is OCCC(O)C(O)c1ccc(C(F)(F)F)cc1F. The zero-order chi connectivity index (χ0) is 13.9. The van der Waals surface area contributed by atoms with Crippen LogP contribution in [0, 0.1) is 5.82 Å². The van der Waals surface area contributed by atoms with Gasteiger partial charge in [0, 0.05) is 12.2 Å². The molecule has 0 saturated heterocycles. The van der Waals surface area contributed by atoms with Crippen LogP contribution in [0.5, 0.6) is 0 Å². The van der Waals surface area contributed by atoms with Crippen LogP contribution in [0.4, 0.5) is 17.6 Å². The van der Waals surface area contributed by atoms with Gasteiger partial charge in [-0.05, 0) is 18.6 Å². The molecule has 18 heavy (non-hydrogen) atoms. The van der Waals surface area contributed by atoms with E-state index in [-0.39, 0.29) is 12.5 Å². The average Bonchev–Trinajstić information content (AvgIpc) is 2.27. The fourth-order valence-electron chi connectivity index (χ4n) is 1.44. The fraction of sp³-hybridized carbons (Fsp3) is 0.455. The van der Waals surface area contributed by atoms with Crippen LogP contribution in [0.15, 0.2) is 18.2 Å². The first kappa shape index (κ1) is 14.9. The second-order valence-corrected chi connectivity index (χ2v) is 3.76. The van der Waals surface area contributed by atoms with Gasteiger partial charge in [0.05, 0.1) is 11.7 Å². The number of hydrogen-bond acceptors (Lipinski definition) is 3. The number of halogens is 4. The summed E-state index contributed by atoms with van der Waals surface area (Å²) < 4.78 is 50.2. The number of rotatable bonds is 4. The van der Waals surface area contributed by atoms with Gasteiger partial charge in [-0.1, -0.05) is 6.07 Å². The number of aliphatic hydroxyl groups is 3. The Bertz CT molecular complexity index is 406. The van der Waals surface area contributed by atoms with Gasteiger partial charge in [0.2, 0.25) is 0 Å². The monoisotopic (exact) mass is 268 g/mol. The molecule has 1 aromatic rings. The summed E-state index contributed by atoms with van der Waals surface area (Å²) in [6, 6.07) is 1.64. The van der Waals surface area contributed by atoms with E-state index in [0.717, 1.165) is 6.07 Å². The third-order valence-electron chi connectivity index (χ3n) is 2.44. The van der Waals surface area contributed by atoms with E-state index < -0.39 is 41.9 Å². The highest BCUT2D eigenvalue weighted by Gasteiger charge is 2.32. The van der Waals surface area contributed by atoms with Gasteiger partial charge in [-0.3, -0.25) is 0 Å². The van der Waals surface area contributed by atoms with Crippen LogP contribution >= 0.6 is 0 Å². The number of aliphatic hydroxyl groups excluding tert-OH is 3. The van der Waals surface area contributed by atoms with E-state index in [1.165, 1.54) is 0 Å². The van der Waals surface area contributed by atoms with E-state index in [1.54, 1.807) is 0 Å². The second-order valence-electron chi connectivity index (χ2n) is 3.76. The molecule has 1 rings (SSSR count). The van der Waals surface area contributed by atoms with Crippen molar-refractivity contribution in [3.63, 3.8) is 0 Å². The van der Waals surface area contributed by atoms with Crippen LogP contribution in [0.25, 0.3) is 0 Å². The molecule has 102 valence electrons. The molecule has 2 atom stereocenters. The van der Waals surface area contributed by atoms with Crippen LogP contribution in [-0.4, -0.2) is 28.0 Å². The van der Waals surface area contributed by atoms with Crippen molar-refractivity contribution in [2.45, 2.75) is 24.8 Å². The van der Waals surface area contributed by atoms with Crippen molar-refractivity contribution in [1.29, 1.82) is 0 Å². The molecule has 0 aliphatic heterocycles. The Balaban J connectivity index is 2.99. The lowest BCUT2D eigenvalue weighted by Gasteiger charge is -2.18. The molecular weight excluding hydrogens is 256 g/mol. The highest BCUT2D eigenvalue weighted by molar-refractivity contribution is 5.28. The van der Waals surface area contributed by atoms with Gasteiger partial charge in [-0.15, -0.1) is 0 Å². The van der Waals surface area contributed by atoms with Gasteiger partial charge in [-0.25, -0.2) is 4.39 Å². The van der Waals surface area contributed by atoms with Gasteiger partial charge in [0.25, 0.3) is 0 Å². The first-order chi connectivity index (χ1) is 8.27. The fourth-order valence-corrected chi connectivity index (χ4v) is 1.44. The molecule has 7 heteroatoms. The first-order valence-electron chi connectivity index (χ1n) is 5.11. The van der Waals surface area contributed by atoms with Crippen molar-refractivity contribution in [2.24, 2.45) is 0 Å².